The van der Waals surface area contributed by atoms with Crippen LogP contribution < -0.4 is 5.32 Å². The molecule has 0 saturated carbocycles. The van der Waals surface area contributed by atoms with Gasteiger partial charge in [-0.25, -0.2) is 9.97 Å². The van der Waals surface area contributed by atoms with Crippen molar-refractivity contribution < 1.29 is 0 Å². The Balaban J connectivity index is 3.09. The molecule has 1 heterocycles. The van der Waals surface area contributed by atoms with Crippen LogP contribution in [-0.2, 0) is 6.42 Å². The van der Waals surface area contributed by atoms with Gasteiger partial charge in [0.05, 0.1) is 10.2 Å². The minimum absolute atomic E-state index is 0.868. The molecule has 4 heteroatoms. The average Bonchev–Trinajstić information content (AvgIpc) is 2.13. The van der Waals surface area contributed by atoms with Gasteiger partial charge in [-0.1, -0.05) is 6.92 Å². The van der Waals surface area contributed by atoms with E-state index in [9.17, 15) is 0 Å². The zero-order chi connectivity index (χ0) is 9.84. The molecule has 0 unspecified atom stereocenters. The smallest absolute Gasteiger partial charge is 0.144 e. The first-order valence-corrected chi connectivity index (χ1v) is 5.25. The molecule has 0 aliphatic carbocycles. The van der Waals surface area contributed by atoms with E-state index in [4.69, 9.17) is 0 Å². The molecule has 0 aliphatic rings. The van der Waals surface area contributed by atoms with Crippen molar-refractivity contribution in [3.8, 4) is 0 Å². The lowest BCUT2D eigenvalue weighted by atomic mass is 10.3. The number of nitrogens with zero attached hydrogens (tertiary/aromatic N) is 2. The summed E-state index contributed by atoms with van der Waals surface area (Å²) in [6.07, 6.45) is 0.868. The lowest BCUT2D eigenvalue weighted by Crippen LogP contribution is -2.05. The third-order valence-corrected chi connectivity index (χ3v) is 2.67. The van der Waals surface area contributed by atoms with Crippen LogP contribution >= 0.6 is 15.9 Å². The Morgan fingerprint density at radius 3 is 2.54 bits per heavy atom. The van der Waals surface area contributed by atoms with Crippen LogP contribution in [0.2, 0.25) is 0 Å². The van der Waals surface area contributed by atoms with E-state index in [1.54, 1.807) is 0 Å². The second-order valence-corrected chi connectivity index (χ2v) is 3.56. The Bertz CT molecular complexity index is 299. The monoisotopic (exact) mass is 243 g/mol. The topological polar surface area (TPSA) is 37.8 Å². The van der Waals surface area contributed by atoms with Crippen molar-refractivity contribution in [3.63, 3.8) is 0 Å². The summed E-state index contributed by atoms with van der Waals surface area (Å²) in [5, 5.41) is 3.19. The van der Waals surface area contributed by atoms with Crippen molar-refractivity contribution in [1.82, 2.24) is 9.97 Å². The molecule has 1 N–H and O–H groups in total. The third kappa shape index (κ3) is 2.40. The number of aromatic nitrogens is 2. The van der Waals surface area contributed by atoms with Gasteiger partial charge >= 0.3 is 0 Å². The van der Waals surface area contributed by atoms with Crippen LogP contribution in [0.15, 0.2) is 4.47 Å². The fourth-order valence-corrected chi connectivity index (χ4v) is 1.38. The van der Waals surface area contributed by atoms with Crippen LogP contribution in [0.25, 0.3) is 0 Å². The summed E-state index contributed by atoms with van der Waals surface area (Å²) in [7, 11) is 0. The molecular weight excluding hydrogens is 230 g/mol. The molecule has 0 atom stereocenters. The van der Waals surface area contributed by atoms with E-state index < -0.39 is 0 Å². The van der Waals surface area contributed by atoms with Crippen molar-refractivity contribution >= 4 is 21.7 Å². The van der Waals surface area contributed by atoms with Gasteiger partial charge in [-0.3, -0.25) is 0 Å². The minimum atomic E-state index is 0.868. The van der Waals surface area contributed by atoms with Crippen LogP contribution in [0.3, 0.4) is 0 Å². The fraction of sp³-hybridized carbons (Fsp3) is 0.556. The summed E-state index contributed by atoms with van der Waals surface area (Å²) in [4.78, 5) is 8.71. The first-order valence-electron chi connectivity index (χ1n) is 4.45. The van der Waals surface area contributed by atoms with E-state index in [-0.39, 0.29) is 0 Å². The van der Waals surface area contributed by atoms with Crippen LogP contribution in [0, 0.1) is 6.92 Å². The Kier molecular flexibility index (Phi) is 3.66. The Hall–Kier alpha value is -0.640. The van der Waals surface area contributed by atoms with Gasteiger partial charge in [0.25, 0.3) is 0 Å². The molecule has 0 aromatic carbocycles. The summed E-state index contributed by atoms with van der Waals surface area (Å²) in [6.45, 7) is 6.96. The van der Waals surface area contributed by atoms with Crippen molar-refractivity contribution in [2.24, 2.45) is 0 Å². The van der Waals surface area contributed by atoms with E-state index in [2.05, 4.69) is 45.1 Å². The maximum Gasteiger partial charge on any atom is 0.144 e. The number of hydrogen-bond donors (Lipinski definition) is 1. The fourth-order valence-electron chi connectivity index (χ4n) is 1.06. The van der Waals surface area contributed by atoms with Crippen LogP contribution in [-0.4, -0.2) is 16.5 Å². The van der Waals surface area contributed by atoms with Gasteiger partial charge in [0.1, 0.15) is 11.6 Å². The predicted molar refractivity (Wildman–Crippen MR) is 58.0 cm³/mol. The number of anilines is 1. The number of hydrogen-bond acceptors (Lipinski definition) is 3. The first kappa shape index (κ1) is 10.4. The highest BCUT2D eigenvalue weighted by molar-refractivity contribution is 9.10. The maximum atomic E-state index is 4.37. The first-order chi connectivity index (χ1) is 6.19. The summed E-state index contributed by atoms with van der Waals surface area (Å²) < 4.78 is 0.964. The van der Waals surface area contributed by atoms with Gasteiger partial charge in [-0.05, 0) is 29.8 Å². The summed E-state index contributed by atoms with van der Waals surface area (Å²) in [6, 6.07) is 0. The molecule has 0 bridgehead atoms. The second kappa shape index (κ2) is 4.56. The summed E-state index contributed by atoms with van der Waals surface area (Å²) in [5.74, 6) is 1.78. The van der Waals surface area contributed by atoms with Gasteiger partial charge in [0, 0.05) is 13.0 Å². The molecule has 3 nitrogen and oxygen atoms in total. The normalized spacial score (nSPS) is 10.2. The number of rotatable bonds is 3. The van der Waals surface area contributed by atoms with Gasteiger partial charge in [0.2, 0.25) is 0 Å². The molecule has 0 spiro atoms. The van der Waals surface area contributed by atoms with Crippen LogP contribution in [0.1, 0.15) is 25.4 Å². The Morgan fingerprint density at radius 2 is 2.00 bits per heavy atom. The van der Waals surface area contributed by atoms with Crippen molar-refractivity contribution in [1.29, 1.82) is 0 Å². The highest BCUT2D eigenvalue weighted by Crippen LogP contribution is 2.22. The minimum Gasteiger partial charge on any atom is -0.369 e. The molecule has 0 radical (unpaired) electrons. The van der Waals surface area contributed by atoms with Crippen molar-refractivity contribution in [3.05, 3.63) is 16.0 Å². The molecule has 0 fully saturated rings. The van der Waals surface area contributed by atoms with E-state index in [0.29, 0.717) is 0 Å². The van der Waals surface area contributed by atoms with Crippen molar-refractivity contribution in [2.45, 2.75) is 27.2 Å². The SMILES string of the molecule is CCNc1nc(CC)nc(C)c1Br. The Labute approximate surface area is 87.1 Å². The molecule has 1 aromatic rings. The van der Waals surface area contributed by atoms with Gasteiger partial charge in [0.15, 0.2) is 0 Å². The summed E-state index contributed by atoms with van der Waals surface area (Å²) >= 11 is 3.46. The molecular formula is C9H14BrN3. The van der Waals surface area contributed by atoms with E-state index >= 15 is 0 Å². The van der Waals surface area contributed by atoms with Gasteiger partial charge in [-0.15, -0.1) is 0 Å². The Morgan fingerprint density at radius 1 is 1.31 bits per heavy atom. The molecule has 0 saturated heterocycles. The second-order valence-electron chi connectivity index (χ2n) is 2.77. The maximum absolute atomic E-state index is 4.37. The number of aryl methyl sites for hydroxylation is 2. The predicted octanol–water partition coefficient (Wildman–Crippen LogP) is 2.54. The number of halogens is 1. The largest absolute Gasteiger partial charge is 0.369 e. The third-order valence-electron chi connectivity index (χ3n) is 1.72. The van der Waals surface area contributed by atoms with E-state index in [1.165, 1.54) is 0 Å². The van der Waals surface area contributed by atoms with Gasteiger partial charge < -0.3 is 5.32 Å². The highest BCUT2D eigenvalue weighted by Gasteiger charge is 2.06. The van der Waals surface area contributed by atoms with Crippen LogP contribution in [0.5, 0.6) is 0 Å². The van der Waals surface area contributed by atoms with Crippen LogP contribution in [0.4, 0.5) is 5.82 Å². The molecule has 1 aromatic heterocycles. The lowest BCUT2D eigenvalue weighted by Gasteiger charge is -2.08. The van der Waals surface area contributed by atoms with Crippen molar-refractivity contribution in [2.75, 3.05) is 11.9 Å². The van der Waals surface area contributed by atoms with E-state index in [0.717, 1.165) is 34.8 Å². The quantitative estimate of drug-likeness (QED) is 0.887. The van der Waals surface area contributed by atoms with Gasteiger partial charge in [-0.2, -0.15) is 0 Å². The zero-order valence-corrected chi connectivity index (χ0v) is 9.77. The zero-order valence-electron chi connectivity index (χ0n) is 8.19. The average molecular weight is 244 g/mol. The molecule has 1 rings (SSSR count). The van der Waals surface area contributed by atoms with E-state index in [1.807, 2.05) is 6.92 Å². The molecule has 13 heavy (non-hydrogen) atoms. The molecule has 72 valence electrons. The summed E-state index contributed by atoms with van der Waals surface area (Å²) in [5.41, 5.74) is 0.989. The highest BCUT2D eigenvalue weighted by atomic mass is 79.9. The molecule has 0 amide bonds. The standard InChI is InChI=1S/C9H14BrN3/c1-4-7-12-6(3)8(10)9(13-7)11-5-2/h4-5H2,1-3H3,(H,11,12,13). The molecule has 0 aliphatic heterocycles. The lowest BCUT2D eigenvalue weighted by molar-refractivity contribution is 0.908. The number of nitrogens with one attached hydrogen (secondary N) is 1.